The van der Waals surface area contributed by atoms with Crippen molar-refractivity contribution in [2.45, 2.75) is 84.0 Å². The highest BCUT2D eigenvalue weighted by Gasteiger charge is 2.43. The van der Waals surface area contributed by atoms with Gasteiger partial charge < -0.3 is 19.5 Å². The smallest absolute Gasteiger partial charge is 0.414 e. The van der Waals surface area contributed by atoms with E-state index in [2.05, 4.69) is 36.1 Å². The normalized spacial score (nSPS) is 23.2. The minimum atomic E-state index is -0.676. The van der Waals surface area contributed by atoms with Crippen molar-refractivity contribution in [3.05, 3.63) is 35.4 Å². The van der Waals surface area contributed by atoms with Gasteiger partial charge in [-0.05, 0) is 76.3 Å². The Morgan fingerprint density at radius 3 is 2.55 bits per heavy atom. The number of amides is 1. The Labute approximate surface area is 198 Å². The molecule has 6 nitrogen and oxygen atoms in total. The molecule has 0 bridgehead atoms. The van der Waals surface area contributed by atoms with E-state index in [1.54, 1.807) is 4.90 Å². The van der Waals surface area contributed by atoms with Crippen LogP contribution >= 0.6 is 0 Å². The number of allylic oxidation sites excluding steroid dienone is 1. The van der Waals surface area contributed by atoms with Gasteiger partial charge in [-0.2, -0.15) is 0 Å². The number of carbonyl (C=O) groups excluding carboxylic acids is 1. The predicted molar refractivity (Wildman–Crippen MR) is 130 cm³/mol. The topological polar surface area (TPSA) is 62.2 Å². The number of benzene rings is 1. The highest BCUT2D eigenvalue weighted by molar-refractivity contribution is 5.83. The van der Waals surface area contributed by atoms with Gasteiger partial charge in [-0.25, -0.2) is 4.79 Å². The van der Waals surface area contributed by atoms with Crippen LogP contribution in [0.2, 0.25) is 0 Å². The number of aliphatic hydroxyl groups is 1. The summed E-state index contributed by atoms with van der Waals surface area (Å²) in [6.45, 7) is 14.8. The van der Waals surface area contributed by atoms with E-state index in [1.165, 1.54) is 5.56 Å². The van der Waals surface area contributed by atoms with Gasteiger partial charge in [-0.3, -0.25) is 4.90 Å². The Morgan fingerprint density at radius 2 is 1.91 bits per heavy atom. The Hall–Kier alpha value is -2.05. The number of ether oxygens (including phenoxy) is 2. The number of fused-ring (bicyclic) bond motifs is 1. The molecule has 6 heteroatoms. The molecule has 1 N–H and O–H groups in total. The lowest BCUT2D eigenvalue weighted by molar-refractivity contribution is -0.0167. The van der Waals surface area contributed by atoms with Gasteiger partial charge in [0.25, 0.3) is 0 Å². The van der Waals surface area contributed by atoms with Gasteiger partial charge in [-0.15, -0.1) is 0 Å². The van der Waals surface area contributed by atoms with Crippen LogP contribution in [0.4, 0.5) is 4.79 Å². The average molecular weight is 457 g/mol. The van der Waals surface area contributed by atoms with Gasteiger partial charge in [0.2, 0.25) is 0 Å². The number of hydrogen-bond acceptors (Lipinski definition) is 5. The van der Waals surface area contributed by atoms with Gasteiger partial charge in [0.05, 0.1) is 11.3 Å². The molecule has 33 heavy (non-hydrogen) atoms. The van der Waals surface area contributed by atoms with Crippen molar-refractivity contribution in [2.75, 3.05) is 26.2 Å². The molecule has 1 saturated heterocycles. The zero-order valence-electron chi connectivity index (χ0n) is 21.1. The van der Waals surface area contributed by atoms with Crippen LogP contribution in [0, 0.1) is 5.92 Å². The van der Waals surface area contributed by atoms with Gasteiger partial charge in [-0.1, -0.05) is 13.0 Å². The van der Waals surface area contributed by atoms with E-state index in [-0.39, 0.29) is 11.7 Å². The molecule has 0 unspecified atom stereocenters. The summed E-state index contributed by atoms with van der Waals surface area (Å²) in [7, 11) is 0. The van der Waals surface area contributed by atoms with Gasteiger partial charge in [0.1, 0.15) is 17.0 Å². The molecule has 0 aliphatic carbocycles. The van der Waals surface area contributed by atoms with Gasteiger partial charge >= 0.3 is 6.09 Å². The maximum absolute atomic E-state index is 13.0. The third-order valence-corrected chi connectivity index (χ3v) is 6.69. The largest absolute Gasteiger partial charge is 0.487 e. The van der Waals surface area contributed by atoms with Gasteiger partial charge in [0, 0.05) is 45.4 Å². The molecule has 0 saturated carbocycles. The van der Waals surface area contributed by atoms with Crippen LogP contribution in [-0.4, -0.2) is 64.0 Å². The molecule has 1 atom stereocenters. The molecular formula is C27H40N2O4. The summed E-state index contributed by atoms with van der Waals surface area (Å²) < 4.78 is 12.2. The van der Waals surface area contributed by atoms with E-state index in [0.29, 0.717) is 19.0 Å². The summed E-state index contributed by atoms with van der Waals surface area (Å²) in [6.07, 6.45) is 5.63. The second-order valence-electron chi connectivity index (χ2n) is 11.9. The van der Waals surface area contributed by atoms with E-state index < -0.39 is 11.2 Å². The number of β-amino-alcohol motifs (C(OH)–C–C–N with tert-alkyl or cyclic N) is 1. The van der Waals surface area contributed by atoms with Crippen LogP contribution in [0.25, 0.3) is 5.70 Å². The number of nitrogens with zero attached hydrogens (tertiary/aromatic N) is 2. The number of likely N-dealkylation sites (tertiary alicyclic amines) is 1. The molecule has 3 aliphatic heterocycles. The molecular weight excluding hydrogens is 416 g/mol. The Morgan fingerprint density at radius 1 is 1.21 bits per heavy atom. The number of rotatable bonds is 3. The number of piperidine rings is 1. The van der Waals surface area contributed by atoms with Crippen LogP contribution in [0.5, 0.6) is 5.75 Å². The molecule has 182 valence electrons. The maximum Gasteiger partial charge on any atom is 0.414 e. The molecule has 1 aromatic rings. The fourth-order valence-electron chi connectivity index (χ4n) is 5.21. The highest BCUT2D eigenvalue weighted by atomic mass is 16.6. The Balaban J connectivity index is 1.49. The zero-order chi connectivity index (χ0) is 24.0. The average Bonchev–Trinajstić information content (AvgIpc) is 3.04. The SMILES string of the molecule is C[C@H]1CC=C(c2ccc3c(c2)CC2(CCN(CC(C)(C)O)CC2)O3)N(C(=O)OC(C)(C)C)C1. The first-order chi connectivity index (χ1) is 15.3. The fourth-order valence-corrected chi connectivity index (χ4v) is 5.21. The summed E-state index contributed by atoms with van der Waals surface area (Å²) in [6, 6.07) is 6.34. The van der Waals surface area contributed by atoms with Crippen molar-refractivity contribution < 1.29 is 19.4 Å². The van der Waals surface area contributed by atoms with Crippen LogP contribution in [0.1, 0.15) is 71.9 Å². The van der Waals surface area contributed by atoms with Crippen molar-refractivity contribution in [1.82, 2.24) is 9.80 Å². The first-order valence-electron chi connectivity index (χ1n) is 12.3. The highest BCUT2D eigenvalue weighted by Crippen LogP contribution is 2.43. The third-order valence-electron chi connectivity index (χ3n) is 6.69. The van der Waals surface area contributed by atoms with Crippen molar-refractivity contribution in [2.24, 2.45) is 5.92 Å². The van der Waals surface area contributed by atoms with Crippen molar-refractivity contribution in [3.63, 3.8) is 0 Å². The minimum Gasteiger partial charge on any atom is -0.487 e. The zero-order valence-corrected chi connectivity index (χ0v) is 21.1. The van der Waals surface area contributed by atoms with Crippen molar-refractivity contribution in [1.29, 1.82) is 0 Å². The first-order valence-corrected chi connectivity index (χ1v) is 12.3. The lowest BCUT2D eigenvalue weighted by atomic mass is 9.86. The second kappa shape index (κ2) is 8.62. The minimum absolute atomic E-state index is 0.155. The fraction of sp³-hybridized carbons (Fsp3) is 0.667. The number of hydrogen-bond donors (Lipinski definition) is 1. The van der Waals surface area contributed by atoms with Crippen LogP contribution in [0.3, 0.4) is 0 Å². The van der Waals surface area contributed by atoms with Gasteiger partial charge in [0.15, 0.2) is 0 Å². The van der Waals surface area contributed by atoms with E-state index in [0.717, 1.165) is 55.8 Å². The standard InChI is InChI=1S/C27H40N2O4/c1-19-7-9-22(29(17-19)24(30)33-25(2,3)4)20-8-10-23-21(15-20)16-27(32-23)11-13-28(14-12-27)18-26(5,6)31/h8-10,15,19,31H,7,11-14,16-18H2,1-6H3/t19-/m0/s1. The first kappa shape index (κ1) is 24.1. The Bertz CT molecular complexity index is 917. The predicted octanol–water partition coefficient (Wildman–Crippen LogP) is 4.84. The van der Waals surface area contributed by atoms with E-state index in [9.17, 15) is 9.90 Å². The molecule has 1 spiro atoms. The maximum atomic E-state index is 13.0. The summed E-state index contributed by atoms with van der Waals surface area (Å²) >= 11 is 0. The molecule has 3 heterocycles. The molecule has 4 rings (SSSR count). The quantitative estimate of drug-likeness (QED) is 0.705. The van der Waals surface area contributed by atoms with Crippen molar-refractivity contribution >= 4 is 11.8 Å². The third kappa shape index (κ3) is 5.72. The Kier molecular flexibility index (Phi) is 6.29. The molecule has 1 amide bonds. The summed E-state index contributed by atoms with van der Waals surface area (Å²) in [4.78, 5) is 17.1. The van der Waals surface area contributed by atoms with E-state index >= 15 is 0 Å². The molecule has 1 fully saturated rings. The molecule has 3 aliphatic rings. The molecule has 0 radical (unpaired) electrons. The summed E-state index contributed by atoms with van der Waals surface area (Å²) in [5.74, 6) is 1.36. The monoisotopic (exact) mass is 456 g/mol. The van der Waals surface area contributed by atoms with Crippen molar-refractivity contribution in [3.8, 4) is 5.75 Å². The number of carbonyl (C=O) groups is 1. The van der Waals surface area contributed by atoms with Crippen LogP contribution in [-0.2, 0) is 11.2 Å². The lowest BCUT2D eigenvalue weighted by Crippen LogP contribution is -2.50. The summed E-state index contributed by atoms with van der Waals surface area (Å²) in [5.41, 5.74) is 1.84. The lowest BCUT2D eigenvalue weighted by Gasteiger charge is -2.40. The molecule has 1 aromatic carbocycles. The van der Waals surface area contributed by atoms with Crippen LogP contribution < -0.4 is 4.74 Å². The molecule has 0 aromatic heterocycles. The van der Waals surface area contributed by atoms with E-state index in [1.807, 2.05) is 34.6 Å². The van der Waals surface area contributed by atoms with Crippen LogP contribution in [0.15, 0.2) is 24.3 Å². The second-order valence-corrected chi connectivity index (χ2v) is 11.9. The summed E-state index contributed by atoms with van der Waals surface area (Å²) in [5, 5.41) is 10.1. The van der Waals surface area contributed by atoms with E-state index in [4.69, 9.17) is 9.47 Å².